The first-order valence-electron chi connectivity index (χ1n) is 4.76. The van der Waals surface area contributed by atoms with E-state index in [2.05, 4.69) is 29.6 Å². The Bertz CT molecular complexity index is 471. The van der Waals surface area contributed by atoms with Crippen LogP contribution in [-0.2, 0) is 0 Å². The predicted molar refractivity (Wildman–Crippen MR) is 82.5 cm³/mol. The molecule has 4 heteroatoms. The van der Waals surface area contributed by atoms with Crippen molar-refractivity contribution in [3.63, 3.8) is 0 Å². The van der Waals surface area contributed by atoms with Gasteiger partial charge in [-0.25, -0.2) is 0 Å². The van der Waals surface area contributed by atoms with E-state index in [1.165, 1.54) is 6.45 Å². The summed E-state index contributed by atoms with van der Waals surface area (Å²) in [5.74, 6) is 0. The van der Waals surface area contributed by atoms with E-state index in [-0.39, 0.29) is 0 Å². The van der Waals surface area contributed by atoms with Gasteiger partial charge in [0.15, 0.2) is 0 Å². The Morgan fingerprint density at radius 2 is 1.81 bits per heavy atom. The molecule has 0 bridgehead atoms. The van der Waals surface area contributed by atoms with Crippen LogP contribution in [-0.4, -0.2) is 0 Å². The number of thiophene rings is 1. The molecule has 16 heavy (non-hydrogen) atoms. The van der Waals surface area contributed by atoms with Crippen LogP contribution in [0.1, 0.15) is 11.1 Å². The second kappa shape index (κ2) is 5.25. The predicted octanol–water partition coefficient (Wildman–Crippen LogP) is 5.72. The van der Waals surface area contributed by atoms with Gasteiger partial charge in [0.05, 0.1) is 0 Å². The van der Waals surface area contributed by atoms with Crippen molar-refractivity contribution in [2.24, 2.45) is 0 Å². The molecule has 1 aromatic carbocycles. The van der Waals surface area contributed by atoms with Crippen LogP contribution in [0.15, 0.2) is 29.6 Å². The number of hydrogen-bond acceptors (Lipinski definition) is 1. The average Bonchev–Trinajstić information content (AvgIpc) is 2.77. The molecule has 0 N–H and O–H groups in total. The molecule has 0 radical (unpaired) electrons. The fourth-order valence-electron chi connectivity index (χ4n) is 1.45. The Balaban J connectivity index is 2.42. The van der Waals surface area contributed by atoms with Crippen molar-refractivity contribution < 1.29 is 0 Å². The molecule has 0 saturated heterocycles. The fourth-order valence-corrected chi connectivity index (χ4v) is 7.96. The van der Waals surface area contributed by atoms with Gasteiger partial charge >= 0.3 is 117 Å². The third-order valence-corrected chi connectivity index (χ3v) is 11.0. The van der Waals surface area contributed by atoms with Gasteiger partial charge in [-0.05, 0) is 0 Å². The topological polar surface area (TPSA) is 0 Å². The summed E-state index contributed by atoms with van der Waals surface area (Å²) in [5, 5.41) is 2.94. The summed E-state index contributed by atoms with van der Waals surface area (Å²) in [6.07, 6.45) is 0. The second-order valence-corrected chi connectivity index (χ2v) is 11.2. The van der Waals surface area contributed by atoms with Crippen molar-refractivity contribution in [2.45, 2.75) is 13.8 Å². The van der Waals surface area contributed by atoms with Crippen LogP contribution in [0.5, 0.6) is 0 Å². The van der Waals surface area contributed by atoms with Crippen molar-refractivity contribution in [1.82, 2.24) is 0 Å². The van der Waals surface area contributed by atoms with Crippen LogP contribution in [0.3, 0.4) is 0 Å². The Morgan fingerprint density at radius 1 is 1.19 bits per heavy atom. The molecule has 0 atom stereocenters. The van der Waals surface area contributed by atoms with Gasteiger partial charge in [0, 0.05) is 0 Å². The molecule has 0 aliphatic carbocycles. The van der Waals surface area contributed by atoms with Crippen molar-refractivity contribution in [2.75, 3.05) is 0 Å². The van der Waals surface area contributed by atoms with E-state index in [9.17, 15) is 0 Å². The van der Waals surface area contributed by atoms with Gasteiger partial charge in [-0.2, -0.15) is 0 Å². The number of hydrogen-bond donors (Lipinski definition) is 0. The molecule has 0 unspecified atom stereocenters. The molecule has 1 aromatic heterocycles. The van der Waals surface area contributed by atoms with Crippen molar-refractivity contribution >= 4 is 50.5 Å². The molecule has 2 rings (SSSR count). The third kappa shape index (κ3) is 2.55. The molecule has 0 aliphatic heterocycles. The van der Waals surface area contributed by atoms with Crippen molar-refractivity contribution in [1.29, 1.82) is 0 Å². The van der Waals surface area contributed by atoms with Crippen LogP contribution in [0.2, 0.25) is 5.02 Å². The number of rotatable bonds is 2. The zero-order chi connectivity index (χ0) is 11.7. The average molecular weight is 385 g/mol. The van der Waals surface area contributed by atoms with Crippen LogP contribution < -0.4 is 0 Å². The van der Waals surface area contributed by atoms with Gasteiger partial charge in [-0.3, -0.25) is 0 Å². The van der Waals surface area contributed by atoms with Gasteiger partial charge in [-0.1, -0.05) is 0 Å². The maximum atomic E-state index is 6.59. The normalized spacial score (nSPS) is 11.6. The van der Waals surface area contributed by atoms with Gasteiger partial charge < -0.3 is 0 Å². The molecule has 0 nitrogen and oxygen atoms in total. The van der Waals surface area contributed by atoms with Gasteiger partial charge in [0.2, 0.25) is 0 Å². The van der Waals surface area contributed by atoms with E-state index < -0.39 is 18.7 Å². The molecule has 0 fully saturated rings. The summed E-state index contributed by atoms with van der Waals surface area (Å²) in [6.45, 7) is 4.07. The Labute approximate surface area is 116 Å². The van der Waals surface area contributed by atoms with Gasteiger partial charge in [0.25, 0.3) is 0 Å². The molecule has 1 heterocycles. The standard InChI is InChI=1S/C12H11Cl2IS/c1-8-6-10(7-9(2)12(8)13)15(14)11-4-3-5-16-11/h3-7H,1-2H3. The summed E-state index contributed by atoms with van der Waals surface area (Å²) < 4.78 is 2.60. The first-order valence-corrected chi connectivity index (χ1v) is 10.9. The maximum absolute atomic E-state index is 6.59. The fraction of sp³-hybridized carbons (Fsp3) is 0.167. The molecule has 0 saturated carbocycles. The summed E-state index contributed by atoms with van der Waals surface area (Å²) >= 11 is 6.20. The Kier molecular flexibility index (Phi) is 4.16. The molecular weight excluding hydrogens is 374 g/mol. The van der Waals surface area contributed by atoms with Gasteiger partial charge in [0.1, 0.15) is 0 Å². The minimum absolute atomic E-state index is 0.857. The van der Waals surface area contributed by atoms with E-state index in [1.54, 1.807) is 11.3 Å². The van der Waals surface area contributed by atoms with E-state index >= 15 is 0 Å². The quantitative estimate of drug-likeness (QED) is 0.581. The van der Waals surface area contributed by atoms with E-state index in [1.807, 2.05) is 13.8 Å². The molecule has 0 aliphatic rings. The Hall–Kier alpha value is 0.230. The summed E-state index contributed by atoms with van der Waals surface area (Å²) in [7, 11) is 6.59. The summed E-state index contributed by atoms with van der Waals surface area (Å²) in [6, 6.07) is 8.45. The third-order valence-electron chi connectivity index (χ3n) is 2.24. The van der Waals surface area contributed by atoms with Crippen LogP contribution >= 0.6 is 50.5 Å². The van der Waals surface area contributed by atoms with E-state index in [4.69, 9.17) is 20.5 Å². The summed E-state index contributed by atoms with van der Waals surface area (Å²) in [5.41, 5.74) is 2.24. The molecule has 2 aromatic rings. The van der Waals surface area contributed by atoms with Crippen LogP contribution in [0, 0.1) is 20.3 Å². The molecule has 0 spiro atoms. The Morgan fingerprint density at radius 3 is 2.31 bits per heavy atom. The first-order chi connectivity index (χ1) is 7.59. The van der Waals surface area contributed by atoms with E-state index in [0.29, 0.717) is 0 Å². The SMILES string of the molecule is Cc1cc(I(Cl)c2cccs2)cc(C)c1Cl. The summed E-state index contributed by atoms with van der Waals surface area (Å²) in [4.78, 5) is 0. The van der Waals surface area contributed by atoms with Crippen molar-refractivity contribution in [3.05, 3.63) is 52.2 Å². The number of halogens is 3. The number of aryl methyl sites for hydroxylation is 2. The van der Waals surface area contributed by atoms with E-state index in [0.717, 1.165) is 16.1 Å². The molecule has 0 amide bonds. The zero-order valence-electron chi connectivity index (χ0n) is 8.93. The molecule has 86 valence electrons. The van der Waals surface area contributed by atoms with Crippen molar-refractivity contribution in [3.8, 4) is 0 Å². The second-order valence-electron chi connectivity index (χ2n) is 3.51. The number of benzene rings is 1. The minimum atomic E-state index is -1.70. The van der Waals surface area contributed by atoms with Crippen LogP contribution in [0.4, 0.5) is 0 Å². The zero-order valence-corrected chi connectivity index (χ0v) is 13.4. The first kappa shape index (κ1) is 12.7. The monoisotopic (exact) mass is 384 g/mol. The van der Waals surface area contributed by atoms with Crippen LogP contribution in [0.25, 0.3) is 0 Å². The van der Waals surface area contributed by atoms with Gasteiger partial charge in [-0.15, -0.1) is 0 Å². The molecular formula is C12H11Cl2IS.